The third kappa shape index (κ3) is 8.44. The molecular weight excluding hydrogens is 687 g/mol. The lowest BCUT2D eigenvalue weighted by molar-refractivity contribution is 0.0937. The van der Waals surface area contributed by atoms with Crippen LogP contribution in [-0.2, 0) is 39.3 Å². The SMILES string of the molecule is CC(C)C(=O)c1cc2nc(c1)-c1cc(C(=O)CCCN)cc(n1)CN1Cc3cccc(n3)-c3cccc(n3)CN(Cc3cccc(n3)-c3cccc(n3)C1)C2. The van der Waals surface area contributed by atoms with E-state index in [0.29, 0.717) is 92.6 Å². The summed E-state index contributed by atoms with van der Waals surface area (Å²) in [6, 6.07) is 31.5. The maximum Gasteiger partial charge on any atom is 0.165 e. The lowest BCUT2D eigenvalue weighted by Crippen LogP contribution is -2.25. The van der Waals surface area contributed by atoms with Gasteiger partial charge in [0.15, 0.2) is 11.6 Å². The van der Waals surface area contributed by atoms with E-state index >= 15 is 0 Å². The summed E-state index contributed by atoms with van der Waals surface area (Å²) in [4.78, 5) is 62.5. The predicted octanol–water partition coefficient (Wildman–Crippen LogP) is 6.85. The zero-order valence-electron chi connectivity index (χ0n) is 31.2. The van der Waals surface area contributed by atoms with Crippen LogP contribution in [0.15, 0.2) is 97.1 Å². The molecule has 11 heteroatoms. The average molecular weight is 730 g/mol. The fourth-order valence-electron chi connectivity index (χ4n) is 7.19. The maximum atomic E-state index is 13.7. The van der Waals surface area contributed by atoms with Gasteiger partial charge in [-0.1, -0.05) is 38.1 Å². The summed E-state index contributed by atoms with van der Waals surface area (Å²) in [5.74, 6) is -0.238. The Hall–Kier alpha value is -5.88. The molecule has 0 spiro atoms. The Morgan fingerprint density at radius 3 is 1.29 bits per heavy atom. The molecule has 11 nitrogen and oxygen atoms in total. The fraction of sp³-hybridized carbons (Fsp3) is 0.273. The Balaban J connectivity index is 1.38. The molecule has 14 bridgehead atoms. The van der Waals surface area contributed by atoms with Crippen molar-refractivity contribution in [2.24, 2.45) is 11.7 Å². The summed E-state index contributed by atoms with van der Waals surface area (Å²) in [5, 5.41) is 0. The van der Waals surface area contributed by atoms with Crippen LogP contribution in [0.25, 0.3) is 34.2 Å². The first-order valence-corrected chi connectivity index (χ1v) is 18.9. The molecule has 0 unspecified atom stereocenters. The van der Waals surface area contributed by atoms with Crippen LogP contribution in [0.1, 0.15) is 81.6 Å². The first-order valence-electron chi connectivity index (χ1n) is 18.9. The van der Waals surface area contributed by atoms with Crippen molar-refractivity contribution in [2.75, 3.05) is 6.54 Å². The average Bonchev–Trinajstić information content (AvgIpc) is 3.19. The van der Waals surface area contributed by atoms with Crippen molar-refractivity contribution in [1.29, 1.82) is 0 Å². The zero-order valence-corrected chi connectivity index (χ0v) is 31.2. The molecule has 0 aromatic carbocycles. The molecule has 6 aromatic rings. The first-order chi connectivity index (χ1) is 26.8. The van der Waals surface area contributed by atoms with Gasteiger partial charge >= 0.3 is 0 Å². The van der Waals surface area contributed by atoms with Gasteiger partial charge in [-0.05, 0) is 85.8 Å². The van der Waals surface area contributed by atoms with E-state index in [9.17, 15) is 9.59 Å². The summed E-state index contributed by atoms with van der Waals surface area (Å²) in [6.45, 7) is 6.90. The molecule has 0 saturated heterocycles. The fourth-order valence-corrected chi connectivity index (χ4v) is 7.19. The monoisotopic (exact) mass is 729 g/mol. The Morgan fingerprint density at radius 2 is 0.891 bits per heavy atom. The molecule has 3 aliphatic rings. The summed E-state index contributed by atoms with van der Waals surface area (Å²) in [6.07, 6.45) is 0.894. The number of carbonyl (C=O) groups is 2. The van der Waals surface area contributed by atoms with Crippen LogP contribution in [0.3, 0.4) is 0 Å². The largest absolute Gasteiger partial charge is 0.330 e. The van der Waals surface area contributed by atoms with Crippen LogP contribution >= 0.6 is 0 Å². The molecule has 2 N–H and O–H groups in total. The van der Waals surface area contributed by atoms with E-state index in [1.54, 1.807) is 6.07 Å². The normalized spacial score (nSPS) is 16.4. The molecule has 0 amide bonds. The van der Waals surface area contributed by atoms with Crippen LogP contribution in [0, 0.1) is 5.92 Å². The molecule has 0 atom stereocenters. The lowest BCUT2D eigenvalue weighted by atomic mass is 9.98. The number of carbonyl (C=O) groups excluding carboxylic acids is 2. The second-order valence-corrected chi connectivity index (χ2v) is 14.6. The van der Waals surface area contributed by atoms with Crippen molar-refractivity contribution in [3.8, 4) is 34.2 Å². The quantitative estimate of drug-likeness (QED) is 0.180. The van der Waals surface area contributed by atoms with Gasteiger partial charge in [0.2, 0.25) is 0 Å². The Kier molecular flexibility index (Phi) is 10.4. The number of nitrogens with zero attached hydrogens (tertiary/aromatic N) is 8. The van der Waals surface area contributed by atoms with E-state index in [0.717, 1.165) is 45.6 Å². The van der Waals surface area contributed by atoms with Crippen LogP contribution < -0.4 is 5.73 Å². The minimum absolute atomic E-state index is 0.00772. The van der Waals surface area contributed by atoms with Gasteiger partial charge in [0.25, 0.3) is 0 Å². The smallest absolute Gasteiger partial charge is 0.165 e. The van der Waals surface area contributed by atoms with E-state index in [1.165, 1.54) is 0 Å². The number of hydrogen-bond donors (Lipinski definition) is 1. The number of hydrogen-bond acceptors (Lipinski definition) is 11. The standard InChI is InChI=1S/C44H43N9O2/c1-28(2)44(55)30-19-36-27-53-24-33-10-5-14-39(48-33)37-12-3-8-31(46-37)22-52(23-32-9-4-13-38(47-32)40-15-6-11-34(25-53)49-40)26-35-18-29(43(54)16-7-17-45)20-41(50-35)42(21-30)51-36/h3-6,8-15,18-21,28H,7,16-17,22-27,45H2,1-2H3. The van der Waals surface area contributed by atoms with Gasteiger partial charge in [0, 0.05) is 62.7 Å². The molecular formula is C44H43N9O2. The van der Waals surface area contributed by atoms with Crippen LogP contribution in [0.5, 0.6) is 0 Å². The van der Waals surface area contributed by atoms with Gasteiger partial charge in [-0.15, -0.1) is 0 Å². The maximum absolute atomic E-state index is 13.7. The number of Topliss-reactive ketones (excluding diaryl/α,β-unsaturated/α-hetero) is 2. The van der Waals surface area contributed by atoms with E-state index in [1.807, 2.05) is 105 Å². The summed E-state index contributed by atoms with van der Waals surface area (Å²) in [7, 11) is 0. The van der Waals surface area contributed by atoms with E-state index in [4.69, 9.17) is 35.6 Å². The van der Waals surface area contributed by atoms with E-state index in [2.05, 4.69) is 9.80 Å². The van der Waals surface area contributed by atoms with E-state index < -0.39 is 0 Å². The van der Waals surface area contributed by atoms with Gasteiger partial charge in [0.05, 0.1) is 68.3 Å². The number of aromatic nitrogens is 6. The van der Waals surface area contributed by atoms with Crippen molar-refractivity contribution in [3.63, 3.8) is 0 Å². The molecule has 3 aliphatic heterocycles. The topological polar surface area (TPSA) is 144 Å². The second-order valence-electron chi connectivity index (χ2n) is 14.6. The van der Waals surface area contributed by atoms with Gasteiger partial charge in [0.1, 0.15) is 0 Å². The highest BCUT2D eigenvalue weighted by atomic mass is 16.1. The number of nitrogens with two attached hydrogens (primary N) is 1. The van der Waals surface area contributed by atoms with Crippen molar-refractivity contribution in [1.82, 2.24) is 39.7 Å². The highest BCUT2D eigenvalue weighted by Crippen LogP contribution is 2.27. The molecule has 0 saturated carbocycles. The predicted molar refractivity (Wildman–Crippen MR) is 210 cm³/mol. The zero-order chi connectivity index (χ0) is 37.9. The molecule has 6 aromatic heterocycles. The second kappa shape index (κ2) is 15.8. The van der Waals surface area contributed by atoms with Crippen LogP contribution in [-0.4, -0.2) is 57.8 Å². The van der Waals surface area contributed by atoms with Gasteiger partial charge < -0.3 is 5.73 Å². The van der Waals surface area contributed by atoms with Crippen molar-refractivity contribution in [3.05, 3.63) is 142 Å². The minimum atomic E-state index is -0.230. The number of rotatable bonds is 6. The van der Waals surface area contributed by atoms with Gasteiger partial charge in [-0.2, -0.15) is 0 Å². The van der Waals surface area contributed by atoms with Crippen LogP contribution in [0.4, 0.5) is 0 Å². The third-order valence-corrected chi connectivity index (χ3v) is 9.82. The molecule has 9 rings (SSSR count). The Morgan fingerprint density at radius 1 is 0.527 bits per heavy atom. The lowest BCUT2D eigenvalue weighted by Gasteiger charge is -2.24. The third-order valence-electron chi connectivity index (χ3n) is 9.82. The number of ketones is 2. The van der Waals surface area contributed by atoms with Crippen molar-refractivity contribution in [2.45, 2.75) is 66.0 Å². The first kappa shape index (κ1) is 36.1. The summed E-state index contributed by atoms with van der Waals surface area (Å²) in [5.41, 5.74) is 15.9. The molecule has 276 valence electrons. The molecule has 9 heterocycles. The van der Waals surface area contributed by atoms with Gasteiger partial charge in [-0.25, -0.2) is 29.9 Å². The molecule has 0 aliphatic carbocycles. The van der Waals surface area contributed by atoms with Gasteiger partial charge in [-0.3, -0.25) is 19.4 Å². The summed E-state index contributed by atoms with van der Waals surface area (Å²) >= 11 is 0. The Bertz CT molecular complexity index is 2300. The van der Waals surface area contributed by atoms with Crippen molar-refractivity contribution >= 4 is 11.6 Å². The molecule has 0 radical (unpaired) electrons. The number of pyridine rings is 6. The van der Waals surface area contributed by atoms with Crippen LogP contribution in [0.2, 0.25) is 0 Å². The highest BCUT2D eigenvalue weighted by Gasteiger charge is 2.22. The van der Waals surface area contributed by atoms with E-state index in [-0.39, 0.29) is 17.5 Å². The Labute approximate surface area is 320 Å². The van der Waals surface area contributed by atoms with Crippen molar-refractivity contribution < 1.29 is 9.59 Å². The highest BCUT2D eigenvalue weighted by molar-refractivity contribution is 5.99. The molecule has 55 heavy (non-hydrogen) atoms. The minimum Gasteiger partial charge on any atom is -0.330 e. The molecule has 0 fully saturated rings. The summed E-state index contributed by atoms with van der Waals surface area (Å²) < 4.78 is 0.